The summed E-state index contributed by atoms with van der Waals surface area (Å²) in [5.74, 6) is -0.416. The Balaban J connectivity index is 1.42. The largest absolute Gasteiger partial charge is 0.356 e. The van der Waals surface area contributed by atoms with E-state index in [1.54, 1.807) is 7.05 Å². The molecule has 1 fully saturated rings. The standard InChI is InChI=1S/C22H28F2N4/c1-25-22(26-11-10-19-8-9-20(23)14-21(19)24)27-15-17-4-6-18(7-5-17)16-28-12-2-3-13-28/h4-9,14H,2-3,10-13,15-16H2,1H3,(H2,25,26,27). The first-order valence-corrected chi connectivity index (χ1v) is 9.82. The summed E-state index contributed by atoms with van der Waals surface area (Å²) >= 11 is 0. The lowest BCUT2D eigenvalue weighted by Gasteiger charge is -2.15. The fourth-order valence-electron chi connectivity index (χ4n) is 3.41. The average Bonchev–Trinajstić information content (AvgIpc) is 3.20. The van der Waals surface area contributed by atoms with Crippen molar-refractivity contribution in [3.05, 3.63) is 70.8 Å². The Morgan fingerprint density at radius 3 is 2.39 bits per heavy atom. The Hall–Kier alpha value is -2.47. The number of guanidine groups is 1. The van der Waals surface area contributed by atoms with Crippen LogP contribution in [0.3, 0.4) is 0 Å². The number of aliphatic imine (C=N–C) groups is 1. The molecule has 0 radical (unpaired) electrons. The van der Waals surface area contributed by atoms with Crippen molar-refractivity contribution in [2.24, 2.45) is 4.99 Å². The molecule has 3 rings (SSSR count). The predicted molar refractivity (Wildman–Crippen MR) is 109 cm³/mol. The van der Waals surface area contributed by atoms with Crippen LogP contribution in [-0.2, 0) is 19.5 Å². The molecule has 0 unspecified atom stereocenters. The van der Waals surface area contributed by atoms with Gasteiger partial charge in [0.25, 0.3) is 0 Å². The maximum absolute atomic E-state index is 13.7. The first-order chi connectivity index (χ1) is 13.6. The van der Waals surface area contributed by atoms with Crippen molar-refractivity contribution in [3.8, 4) is 0 Å². The van der Waals surface area contributed by atoms with Gasteiger partial charge in [-0.05, 0) is 55.1 Å². The molecular weight excluding hydrogens is 358 g/mol. The predicted octanol–water partition coefficient (Wildman–Crippen LogP) is 3.47. The summed E-state index contributed by atoms with van der Waals surface area (Å²) in [6, 6.07) is 12.3. The van der Waals surface area contributed by atoms with E-state index in [0.29, 0.717) is 31.0 Å². The van der Waals surface area contributed by atoms with Crippen LogP contribution in [-0.4, -0.2) is 37.5 Å². The summed E-state index contributed by atoms with van der Waals surface area (Å²) in [5.41, 5.74) is 3.00. The van der Waals surface area contributed by atoms with Gasteiger partial charge in [0.1, 0.15) is 11.6 Å². The second-order valence-corrected chi connectivity index (χ2v) is 7.14. The SMILES string of the molecule is CN=C(NCCc1ccc(F)cc1F)NCc1ccc(CN2CCCC2)cc1. The number of rotatable bonds is 7. The van der Waals surface area contributed by atoms with Gasteiger partial charge >= 0.3 is 0 Å². The Kier molecular flexibility index (Phi) is 7.37. The van der Waals surface area contributed by atoms with E-state index in [4.69, 9.17) is 0 Å². The van der Waals surface area contributed by atoms with Gasteiger partial charge in [-0.1, -0.05) is 30.3 Å². The number of hydrogen-bond acceptors (Lipinski definition) is 2. The van der Waals surface area contributed by atoms with Crippen LogP contribution in [0.4, 0.5) is 8.78 Å². The smallest absolute Gasteiger partial charge is 0.191 e. The highest BCUT2D eigenvalue weighted by molar-refractivity contribution is 5.79. The molecule has 0 amide bonds. The van der Waals surface area contributed by atoms with Crippen molar-refractivity contribution in [3.63, 3.8) is 0 Å². The Bertz CT molecular complexity index is 784. The van der Waals surface area contributed by atoms with E-state index in [1.165, 1.54) is 49.2 Å². The third-order valence-corrected chi connectivity index (χ3v) is 5.01. The summed E-state index contributed by atoms with van der Waals surface area (Å²) in [4.78, 5) is 6.68. The van der Waals surface area contributed by atoms with E-state index in [2.05, 4.69) is 44.8 Å². The van der Waals surface area contributed by atoms with Crippen molar-refractivity contribution in [1.82, 2.24) is 15.5 Å². The van der Waals surface area contributed by atoms with Gasteiger partial charge in [0.05, 0.1) is 0 Å². The van der Waals surface area contributed by atoms with Crippen LogP contribution >= 0.6 is 0 Å². The molecular formula is C22H28F2N4. The minimum absolute atomic E-state index is 0.456. The zero-order valence-corrected chi connectivity index (χ0v) is 16.3. The van der Waals surface area contributed by atoms with E-state index in [-0.39, 0.29) is 0 Å². The topological polar surface area (TPSA) is 39.7 Å². The number of nitrogens with one attached hydrogen (secondary N) is 2. The van der Waals surface area contributed by atoms with Crippen molar-refractivity contribution in [2.75, 3.05) is 26.7 Å². The molecule has 0 bridgehead atoms. The van der Waals surface area contributed by atoms with Crippen LogP contribution < -0.4 is 10.6 Å². The molecule has 2 aromatic carbocycles. The van der Waals surface area contributed by atoms with Crippen LogP contribution in [0.1, 0.15) is 29.5 Å². The summed E-state index contributed by atoms with van der Waals surface area (Å²) < 4.78 is 26.6. The minimum Gasteiger partial charge on any atom is -0.356 e. The highest BCUT2D eigenvalue weighted by Crippen LogP contribution is 2.13. The minimum atomic E-state index is -0.557. The van der Waals surface area contributed by atoms with Crippen LogP contribution in [0, 0.1) is 11.6 Å². The fourth-order valence-corrected chi connectivity index (χ4v) is 3.41. The van der Waals surface area contributed by atoms with Crippen LogP contribution in [0.25, 0.3) is 0 Å². The Labute approximate surface area is 165 Å². The molecule has 2 aromatic rings. The molecule has 1 aliphatic rings. The van der Waals surface area contributed by atoms with Crippen LogP contribution in [0.5, 0.6) is 0 Å². The molecule has 4 nitrogen and oxygen atoms in total. The van der Waals surface area contributed by atoms with Gasteiger partial charge < -0.3 is 10.6 Å². The third kappa shape index (κ3) is 6.02. The highest BCUT2D eigenvalue weighted by atomic mass is 19.1. The summed E-state index contributed by atoms with van der Waals surface area (Å²) in [7, 11) is 1.70. The molecule has 2 N–H and O–H groups in total. The number of halogens is 2. The second kappa shape index (κ2) is 10.2. The van der Waals surface area contributed by atoms with Crippen molar-refractivity contribution >= 4 is 5.96 Å². The molecule has 6 heteroatoms. The maximum Gasteiger partial charge on any atom is 0.191 e. The monoisotopic (exact) mass is 386 g/mol. The second-order valence-electron chi connectivity index (χ2n) is 7.14. The van der Waals surface area contributed by atoms with Crippen molar-refractivity contribution in [1.29, 1.82) is 0 Å². The number of hydrogen-bond donors (Lipinski definition) is 2. The van der Waals surface area contributed by atoms with Gasteiger partial charge in [-0.25, -0.2) is 8.78 Å². The van der Waals surface area contributed by atoms with E-state index in [9.17, 15) is 8.78 Å². The lowest BCUT2D eigenvalue weighted by Crippen LogP contribution is -2.37. The Morgan fingerprint density at radius 2 is 1.71 bits per heavy atom. The molecule has 0 aliphatic carbocycles. The Morgan fingerprint density at radius 1 is 1.00 bits per heavy atom. The van der Waals surface area contributed by atoms with E-state index in [0.717, 1.165) is 12.6 Å². The first kappa shape index (κ1) is 20.3. The molecule has 1 heterocycles. The van der Waals surface area contributed by atoms with Crippen LogP contribution in [0.15, 0.2) is 47.5 Å². The summed E-state index contributed by atoms with van der Waals surface area (Å²) in [6.45, 7) is 4.60. The van der Waals surface area contributed by atoms with Crippen LogP contribution in [0.2, 0.25) is 0 Å². The zero-order valence-electron chi connectivity index (χ0n) is 16.3. The van der Waals surface area contributed by atoms with E-state index >= 15 is 0 Å². The molecule has 0 atom stereocenters. The first-order valence-electron chi connectivity index (χ1n) is 9.82. The molecule has 28 heavy (non-hydrogen) atoms. The van der Waals surface area contributed by atoms with Gasteiger partial charge in [-0.3, -0.25) is 9.89 Å². The molecule has 1 saturated heterocycles. The number of likely N-dealkylation sites (tertiary alicyclic amines) is 1. The van der Waals surface area contributed by atoms with Gasteiger partial charge in [0, 0.05) is 32.7 Å². The lowest BCUT2D eigenvalue weighted by molar-refractivity contribution is 0.331. The van der Waals surface area contributed by atoms with Gasteiger partial charge in [0.2, 0.25) is 0 Å². The number of benzene rings is 2. The maximum atomic E-state index is 13.7. The molecule has 150 valence electrons. The van der Waals surface area contributed by atoms with Gasteiger partial charge in [-0.15, -0.1) is 0 Å². The normalized spacial score (nSPS) is 15.0. The van der Waals surface area contributed by atoms with Gasteiger partial charge in [-0.2, -0.15) is 0 Å². The highest BCUT2D eigenvalue weighted by Gasteiger charge is 2.11. The van der Waals surface area contributed by atoms with E-state index in [1.807, 2.05) is 0 Å². The lowest BCUT2D eigenvalue weighted by atomic mass is 10.1. The molecule has 1 aliphatic heterocycles. The van der Waals surface area contributed by atoms with Crippen molar-refractivity contribution in [2.45, 2.75) is 32.4 Å². The molecule has 0 saturated carbocycles. The fraction of sp³-hybridized carbons (Fsp3) is 0.409. The van der Waals surface area contributed by atoms with Gasteiger partial charge in [0.15, 0.2) is 5.96 Å². The molecule has 0 spiro atoms. The summed E-state index contributed by atoms with van der Waals surface area (Å²) in [5, 5.41) is 6.42. The average molecular weight is 386 g/mol. The number of nitrogens with zero attached hydrogens (tertiary/aromatic N) is 2. The summed E-state index contributed by atoms with van der Waals surface area (Å²) in [6.07, 6.45) is 3.07. The third-order valence-electron chi connectivity index (χ3n) is 5.01. The quantitative estimate of drug-likeness (QED) is 0.565. The zero-order chi connectivity index (χ0) is 19.8. The molecule has 0 aromatic heterocycles. The van der Waals surface area contributed by atoms with E-state index < -0.39 is 11.6 Å². The van der Waals surface area contributed by atoms with Crippen molar-refractivity contribution < 1.29 is 8.78 Å².